The molecule has 0 fully saturated rings. The average Bonchev–Trinajstić information content (AvgIpc) is 2.89. The van der Waals surface area contributed by atoms with E-state index in [2.05, 4.69) is 16.9 Å². The second-order valence-corrected chi connectivity index (χ2v) is 5.61. The molecule has 0 bridgehead atoms. The Morgan fingerprint density at radius 1 is 1.30 bits per heavy atom. The van der Waals surface area contributed by atoms with E-state index in [1.807, 2.05) is 51.2 Å². The largest absolute Gasteiger partial charge is 0.491 e. The zero-order chi connectivity index (χ0) is 14.8. The predicted octanol–water partition coefficient (Wildman–Crippen LogP) is 3.45. The van der Waals surface area contributed by atoms with Crippen LogP contribution < -0.4 is 10.5 Å². The summed E-state index contributed by atoms with van der Waals surface area (Å²) in [6.45, 7) is 8.07. The molecular weight excluding hydrogens is 250 g/mol. The Morgan fingerprint density at radius 2 is 1.95 bits per heavy atom. The summed E-state index contributed by atoms with van der Waals surface area (Å²) < 4.78 is 5.64. The summed E-state index contributed by atoms with van der Waals surface area (Å²) in [5, 5.41) is 0. The van der Waals surface area contributed by atoms with Crippen LogP contribution in [-0.2, 0) is 5.54 Å². The van der Waals surface area contributed by atoms with E-state index in [1.165, 1.54) is 0 Å². The van der Waals surface area contributed by atoms with Crippen molar-refractivity contribution in [3.05, 3.63) is 36.3 Å². The quantitative estimate of drug-likeness (QED) is 0.877. The number of H-pyrrole nitrogens is 1. The second-order valence-electron chi connectivity index (χ2n) is 5.61. The van der Waals surface area contributed by atoms with Gasteiger partial charge in [0.15, 0.2) is 0 Å². The van der Waals surface area contributed by atoms with Crippen LogP contribution >= 0.6 is 0 Å². The van der Waals surface area contributed by atoms with Crippen molar-refractivity contribution in [2.45, 2.75) is 45.8 Å². The van der Waals surface area contributed by atoms with Crippen molar-refractivity contribution in [3.8, 4) is 17.0 Å². The van der Waals surface area contributed by atoms with Gasteiger partial charge in [0, 0.05) is 0 Å². The molecule has 1 heterocycles. The third kappa shape index (κ3) is 3.20. The Labute approximate surface area is 120 Å². The Kier molecular flexibility index (Phi) is 4.14. The number of nitrogens with two attached hydrogens (primary N) is 1. The van der Waals surface area contributed by atoms with Gasteiger partial charge in [-0.1, -0.05) is 6.92 Å². The van der Waals surface area contributed by atoms with Gasteiger partial charge in [-0.15, -0.1) is 0 Å². The molecule has 20 heavy (non-hydrogen) atoms. The van der Waals surface area contributed by atoms with Crippen molar-refractivity contribution in [2.24, 2.45) is 5.73 Å². The monoisotopic (exact) mass is 273 g/mol. The highest BCUT2D eigenvalue weighted by molar-refractivity contribution is 5.59. The Hall–Kier alpha value is -1.81. The maximum Gasteiger partial charge on any atom is 0.126 e. The van der Waals surface area contributed by atoms with Crippen molar-refractivity contribution in [1.82, 2.24) is 9.97 Å². The number of nitrogens with zero attached hydrogens (tertiary/aromatic N) is 1. The molecule has 108 valence electrons. The fourth-order valence-electron chi connectivity index (χ4n) is 1.91. The molecule has 4 heteroatoms. The zero-order valence-corrected chi connectivity index (χ0v) is 12.6. The lowest BCUT2D eigenvalue weighted by Gasteiger charge is -2.19. The summed E-state index contributed by atoms with van der Waals surface area (Å²) in [5.41, 5.74) is 7.83. The van der Waals surface area contributed by atoms with E-state index in [0.717, 1.165) is 29.3 Å². The number of rotatable bonds is 5. The molecular formula is C16H23N3O. The van der Waals surface area contributed by atoms with Gasteiger partial charge in [-0.05, 0) is 57.0 Å². The van der Waals surface area contributed by atoms with E-state index in [0.29, 0.717) is 0 Å². The number of hydrogen-bond acceptors (Lipinski definition) is 3. The normalized spacial score (nSPS) is 14.3. The lowest BCUT2D eigenvalue weighted by atomic mass is 10.00. The summed E-state index contributed by atoms with van der Waals surface area (Å²) in [6.07, 6.45) is 2.84. The van der Waals surface area contributed by atoms with Crippen molar-refractivity contribution in [2.75, 3.05) is 0 Å². The number of aromatic nitrogens is 2. The number of imidazole rings is 1. The highest BCUT2D eigenvalue weighted by Crippen LogP contribution is 2.24. The minimum atomic E-state index is -0.418. The van der Waals surface area contributed by atoms with Crippen LogP contribution in [0.4, 0.5) is 0 Å². The third-order valence-electron chi connectivity index (χ3n) is 3.39. The molecule has 0 radical (unpaired) electrons. The first-order valence-electron chi connectivity index (χ1n) is 7.04. The molecule has 0 aliphatic rings. The fraction of sp³-hybridized carbons (Fsp3) is 0.438. The first kappa shape index (κ1) is 14.6. The summed E-state index contributed by atoms with van der Waals surface area (Å²) in [7, 11) is 0. The van der Waals surface area contributed by atoms with Crippen LogP contribution in [0.2, 0.25) is 0 Å². The second kappa shape index (κ2) is 5.67. The Morgan fingerprint density at radius 3 is 2.50 bits per heavy atom. The van der Waals surface area contributed by atoms with Gasteiger partial charge in [-0.25, -0.2) is 4.98 Å². The molecule has 0 aliphatic heterocycles. The van der Waals surface area contributed by atoms with Crippen LogP contribution in [-0.4, -0.2) is 16.1 Å². The van der Waals surface area contributed by atoms with Gasteiger partial charge < -0.3 is 15.5 Å². The van der Waals surface area contributed by atoms with Crippen LogP contribution in [0.5, 0.6) is 5.75 Å². The predicted molar refractivity (Wildman–Crippen MR) is 81.6 cm³/mol. The highest BCUT2D eigenvalue weighted by Gasteiger charge is 2.22. The smallest absolute Gasteiger partial charge is 0.126 e. The van der Waals surface area contributed by atoms with E-state index < -0.39 is 5.54 Å². The van der Waals surface area contributed by atoms with E-state index in [-0.39, 0.29) is 6.10 Å². The fourth-order valence-corrected chi connectivity index (χ4v) is 1.91. The molecule has 1 unspecified atom stereocenters. The molecule has 1 aromatic heterocycles. The van der Waals surface area contributed by atoms with E-state index in [9.17, 15) is 0 Å². The maximum atomic E-state index is 6.19. The summed E-state index contributed by atoms with van der Waals surface area (Å²) in [6, 6.07) is 7.98. The number of benzene rings is 1. The Bertz CT molecular complexity index is 555. The SMILES string of the molecule is CCC(C)(N)c1ncc(-c2ccc(OC(C)C)cc2)[nH]1. The standard InChI is InChI=1S/C16H23N3O/c1-5-16(4,17)15-18-10-14(19-15)12-6-8-13(9-7-12)20-11(2)3/h6-11H,5,17H2,1-4H3,(H,18,19). The molecule has 2 aromatic rings. The van der Waals surface area contributed by atoms with Gasteiger partial charge in [0.2, 0.25) is 0 Å². The van der Waals surface area contributed by atoms with E-state index in [1.54, 1.807) is 0 Å². The van der Waals surface area contributed by atoms with Crippen molar-refractivity contribution >= 4 is 0 Å². The minimum Gasteiger partial charge on any atom is -0.491 e. The van der Waals surface area contributed by atoms with E-state index in [4.69, 9.17) is 10.5 Å². The molecule has 1 aromatic carbocycles. The number of hydrogen-bond donors (Lipinski definition) is 2. The summed E-state index contributed by atoms with van der Waals surface area (Å²) in [4.78, 5) is 7.70. The van der Waals surface area contributed by atoms with Crippen molar-refractivity contribution < 1.29 is 4.74 Å². The van der Waals surface area contributed by atoms with E-state index >= 15 is 0 Å². The Balaban J connectivity index is 2.20. The van der Waals surface area contributed by atoms with Crippen LogP contribution in [0, 0.1) is 0 Å². The molecule has 0 saturated carbocycles. The minimum absolute atomic E-state index is 0.183. The number of aromatic amines is 1. The van der Waals surface area contributed by atoms with Crippen LogP contribution in [0.1, 0.15) is 39.9 Å². The molecule has 0 aliphatic carbocycles. The number of ether oxygens (including phenoxy) is 1. The van der Waals surface area contributed by atoms with Gasteiger partial charge in [0.1, 0.15) is 11.6 Å². The van der Waals surface area contributed by atoms with Gasteiger partial charge in [-0.2, -0.15) is 0 Å². The lowest BCUT2D eigenvalue weighted by Crippen LogP contribution is -2.33. The molecule has 0 saturated heterocycles. The maximum absolute atomic E-state index is 6.19. The van der Waals surface area contributed by atoms with Crippen molar-refractivity contribution in [3.63, 3.8) is 0 Å². The molecule has 4 nitrogen and oxygen atoms in total. The average molecular weight is 273 g/mol. The van der Waals surface area contributed by atoms with Gasteiger partial charge >= 0.3 is 0 Å². The van der Waals surface area contributed by atoms with Gasteiger partial charge in [0.25, 0.3) is 0 Å². The van der Waals surface area contributed by atoms with Crippen LogP contribution in [0.15, 0.2) is 30.5 Å². The lowest BCUT2D eigenvalue weighted by molar-refractivity contribution is 0.242. The van der Waals surface area contributed by atoms with Crippen molar-refractivity contribution in [1.29, 1.82) is 0 Å². The third-order valence-corrected chi connectivity index (χ3v) is 3.39. The van der Waals surface area contributed by atoms with Gasteiger partial charge in [-0.3, -0.25) is 0 Å². The summed E-state index contributed by atoms with van der Waals surface area (Å²) >= 11 is 0. The first-order valence-corrected chi connectivity index (χ1v) is 7.04. The zero-order valence-electron chi connectivity index (χ0n) is 12.6. The molecule has 0 amide bonds. The summed E-state index contributed by atoms with van der Waals surface area (Å²) in [5.74, 6) is 1.69. The van der Waals surface area contributed by atoms with Gasteiger partial charge in [0.05, 0.1) is 23.5 Å². The van der Waals surface area contributed by atoms with Crippen LogP contribution in [0.25, 0.3) is 11.3 Å². The molecule has 0 spiro atoms. The first-order chi connectivity index (χ1) is 9.42. The molecule has 1 atom stereocenters. The molecule has 2 rings (SSSR count). The van der Waals surface area contributed by atoms with Crippen LogP contribution in [0.3, 0.4) is 0 Å². The highest BCUT2D eigenvalue weighted by atomic mass is 16.5. The number of nitrogens with one attached hydrogen (secondary N) is 1. The topological polar surface area (TPSA) is 63.9 Å². The molecule has 3 N–H and O–H groups in total.